The zero-order chi connectivity index (χ0) is 22.8. The second-order valence-corrected chi connectivity index (χ2v) is 9.37. The average Bonchev–Trinajstić information content (AvgIpc) is 2.83. The highest BCUT2D eigenvalue weighted by Crippen LogP contribution is 2.39. The number of pyridine rings is 1. The number of phenols is 1. The molecule has 5 rings (SSSR count). The lowest BCUT2D eigenvalue weighted by atomic mass is 9.84. The molecule has 0 radical (unpaired) electrons. The van der Waals surface area contributed by atoms with Gasteiger partial charge in [0.05, 0.1) is 0 Å². The van der Waals surface area contributed by atoms with Crippen LogP contribution in [0.1, 0.15) is 35.4 Å². The normalized spacial score (nSPS) is 14.6. The number of rotatable bonds is 5. The molecule has 1 saturated heterocycles. The molecule has 2 heterocycles. The van der Waals surface area contributed by atoms with Gasteiger partial charge in [-0.15, -0.1) is 0 Å². The van der Waals surface area contributed by atoms with Gasteiger partial charge in [-0.1, -0.05) is 47.5 Å². The third kappa shape index (κ3) is 4.79. The number of benzene rings is 3. The van der Waals surface area contributed by atoms with E-state index in [1.807, 2.05) is 60.7 Å². The van der Waals surface area contributed by atoms with Crippen LogP contribution in [0.2, 0.25) is 10.0 Å². The summed E-state index contributed by atoms with van der Waals surface area (Å²) in [5.41, 5.74) is 4.74. The highest BCUT2D eigenvalue weighted by molar-refractivity contribution is 6.30. The molecule has 0 aliphatic carbocycles. The van der Waals surface area contributed by atoms with Gasteiger partial charge in [0.15, 0.2) is 0 Å². The smallest absolute Gasteiger partial charge is 0.142 e. The number of phenolic OH excluding ortho intramolecular Hbond substituents is 1. The van der Waals surface area contributed by atoms with Crippen LogP contribution in [0.15, 0.2) is 72.9 Å². The van der Waals surface area contributed by atoms with Crippen molar-refractivity contribution in [2.24, 2.45) is 0 Å². The Morgan fingerprint density at radius 3 is 2.06 bits per heavy atom. The summed E-state index contributed by atoms with van der Waals surface area (Å²) in [6.45, 7) is 2.01. The maximum Gasteiger partial charge on any atom is 0.142 e. The minimum Gasteiger partial charge on any atom is -0.506 e. The van der Waals surface area contributed by atoms with Gasteiger partial charge in [0.1, 0.15) is 11.3 Å². The second-order valence-electron chi connectivity index (χ2n) is 8.50. The van der Waals surface area contributed by atoms with Crippen molar-refractivity contribution >= 4 is 39.8 Å². The molecule has 1 aliphatic heterocycles. The van der Waals surface area contributed by atoms with E-state index in [2.05, 4.69) is 21.7 Å². The van der Waals surface area contributed by atoms with Crippen LogP contribution in [0.4, 0.5) is 5.69 Å². The second kappa shape index (κ2) is 9.60. The van der Waals surface area contributed by atoms with Crippen molar-refractivity contribution in [2.75, 3.05) is 18.4 Å². The molecule has 0 amide bonds. The van der Waals surface area contributed by atoms with Crippen LogP contribution in [0.5, 0.6) is 5.75 Å². The molecule has 1 fully saturated rings. The number of aromatic hydroxyl groups is 1. The van der Waals surface area contributed by atoms with E-state index in [-0.39, 0.29) is 11.7 Å². The first-order chi connectivity index (χ1) is 16.1. The van der Waals surface area contributed by atoms with Gasteiger partial charge >= 0.3 is 0 Å². The Morgan fingerprint density at radius 2 is 1.45 bits per heavy atom. The Morgan fingerprint density at radius 1 is 0.848 bits per heavy atom. The number of hydrogen-bond acceptors (Lipinski definition) is 4. The Hall–Kier alpha value is -2.79. The van der Waals surface area contributed by atoms with Crippen molar-refractivity contribution in [3.8, 4) is 5.75 Å². The SMILES string of the molecule is Oc1cc(C(c2ccc(Cl)cc2)c2ccc(Cl)cc2)cc2c(NC3CCNCC3)ccnc12. The van der Waals surface area contributed by atoms with Crippen LogP contribution < -0.4 is 10.6 Å². The van der Waals surface area contributed by atoms with Gasteiger partial charge < -0.3 is 15.7 Å². The molecule has 3 aromatic carbocycles. The maximum absolute atomic E-state index is 11.0. The van der Waals surface area contributed by atoms with E-state index in [1.54, 1.807) is 6.20 Å². The van der Waals surface area contributed by atoms with Crippen LogP contribution in [-0.2, 0) is 0 Å². The summed E-state index contributed by atoms with van der Waals surface area (Å²) in [7, 11) is 0. The van der Waals surface area contributed by atoms with E-state index in [0.717, 1.165) is 53.7 Å². The van der Waals surface area contributed by atoms with Crippen LogP contribution in [0, 0.1) is 0 Å². The first-order valence-electron chi connectivity index (χ1n) is 11.2. The van der Waals surface area contributed by atoms with E-state index < -0.39 is 0 Å². The summed E-state index contributed by atoms with van der Waals surface area (Å²) in [5, 5.41) is 20.4. The molecule has 0 unspecified atom stereocenters. The Bertz CT molecular complexity index is 1210. The van der Waals surface area contributed by atoms with Crippen molar-refractivity contribution in [1.82, 2.24) is 10.3 Å². The molecule has 1 aromatic heterocycles. The summed E-state index contributed by atoms with van der Waals surface area (Å²) in [5.74, 6) is 0.0751. The van der Waals surface area contributed by atoms with Crippen molar-refractivity contribution in [2.45, 2.75) is 24.8 Å². The van der Waals surface area contributed by atoms with Gasteiger partial charge in [0.25, 0.3) is 0 Å². The third-order valence-electron chi connectivity index (χ3n) is 6.29. The van der Waals surface area contributed by atoms with Gasteiger partial charge in [-0.2, -0.15) is 0 Å². The third-order valence-corrected chi connectivity index (χ3v) is 6.79. The lowest BCUT2D eigenvalue weighted by Gasteiger charge is -2.26. The summed E-state index contributed by atoms with van der Waals surface area (Å²) >= 11 is 12.3. The molecule has 3 N–H and O–H groups in total. The minimum atomic E-state index is -0.0956. The fraction of sp³-hybridized carbons (Fsp3) is 0.222. The first kappa shape index (κ1) is 22.0. The molecular weight excluding hydrogens is 453 g/mol. The monoisotopic (exact) mass is 477 g/mol. The van der Waals surface area contributed by atoms with Crippen molar-refractivity contribution < 1.29 is 5.11 Å². The molecule has 0 bridgehead atoms. The predicted octanol–water partition coefficient (Wildman–Crippen LogP) is 6.59. The number of aromatic nitrogens is 1. The van der Waals surface area contributed by atoms with E-state index in [0.29, 0.717) is 21.6 Å². The largest absolute Gasteiger partial charge is 0.506 e. The molecule has 0 saturated carbocycles. The summed E-state index contributed by atoms with van der Waals surface area (Å²) in [6.07, 6.45) is 3.88. The zero-order valence-electron chi connectivity index (χ0n) is 18.1. The summed E-state index contributed by atoms with van der Waals surface area (Å²) < 4.78 is 0. The Balaban J connectivity index is 1.64. The lowest BCUT2D eigenvalue weighted by molar-refractivity contribution is 0.478. The molecule has 33 heavy (non-hydrogen) atoms. The lowest BCUT2D eigenvalue weighted by Crippen LogP contribution is -2.35. The quantitative estimate of drug-likeness (QED) is 0.283. The number of anilines is 1. The van der Waals surface area contributed by atoms with E-state index >= 15 is 0 Å². The van der Waals surface area contributed by atoms with Crippen LogP contribution in [0.3, 0.4) is 0 Å². The van der Waals surface area contributed by atoms with Crippen molar-refractivity contribution in [1.29, 1.82) is 0 Å². The molecule has 4 aromatic rings. The number of nitrogens with zero attached hydrogens (tertiary/aromatic N) is 1. The number of fused-ring (bicyclic) bond motifs is 1. The maximum atomic E-state index is 11.0. The number of nitrogens with one attached hydrogen (secondary N) is 2. The van der Waals surface area contributed by atoms with Crippen LogP contribution in [0.25, 0.3) is 10.9 Å². The zero-order valence-corrected chi connectivity index (χ0v) is 19.6. The van der Waals surface area contributed by atoms with Crippen LogP contribution >= 0.6 is 23.2 Å². The molecule has 0 spiro atoms. The highest BCUT2D eigenvalue weighted by atomic mass is 35.5. The topological polar surface area (TPSA) is 57.2 Å². The number of piperidine rings is 1. The van der Waals surface area contributed by atoms with Gasteiger partial charge in [0.2, 0.25) is 0 Å². The average molecular weight is 478 g/mol. The molecule has 6 heteroatoms. The summed E-state index contributed by atoms with van der Waals surface area (Å²) in [6, 6.07) is 22.0. The van der Waals surface area contributed by atoms with Crippen molar-refractivity contribution in [3.63, 3.8) is 0 Å². The van der Waals surface area contributed by atoms with Gasteiger partial charge in [-0.3, -0.25) is 4.98 Å². The fourth-order valence-electron chi connectivity index (χ4n) is 4.62. The number of halogens is 2. The van der Waals surface area contributed by atoms with Gasteiger partial charge in [0, 0.05) is 39.3 Å². The fourth-order valence-corrected chi connectivity index (χ4v) is 4.88. The molecule has 4 nitrogen and oxygen atoms in total. The highest BCUT2D eigenvalue weighted by Gasteiger charge is 2.21. The molecule has 1 aliphatic rings. The van der Waals surface area contributed by atoms with Crippen LogP contribution in [-0.4, -0.2) is 29.2 Å². The minimum absolute atomic E-state index is 0.0956. The standard InChI is InChI=1S/C27H25Cl2N3O/c28-20-5-1-17(2-6-20)26(18-3-7-21(29)8-4-18)19-15-23-24(32-22-9-12-30-13-10-22)11-14-31-27(23)25(33)16-19/h1-8,11,14-16,22,26,30,33H,9-10,12-13H2,(H,31,32). The Labute approximate surface area is 203 Å². The van der Waals surface area contributed by atoms with E-state index in [4.69, 9.17) is 23.2 Å². The Kier molecular flexibility index (Phi) is 6.41. The molecule has 0 atom stereocenters. The molecular formula is C27H25Cl2N3O. The predicted molar refractivity (Wildman–Crippen MR) is 137 cm³/mol. The summed E-state index contributed by atoms with van der Waals surface area (Å²) in [4.78, 5) is 4.47. The first-order valence-corrected chi connectivity index (χ1v) is 11.9. The van der Waals surface area contributed by atoms with Gasteiger partial charge in [-0.05, 0) is 85.1 Å². The van der Waals surface area contributed by atoms with Gasteiger partial charge in [-0.25, -0.2) is 0 Å². The molecule has 168 valence electrons. The van der Waals surface area contributed by atoms with E-state index in [1.165, 1.54) is 0 Å². The van der Waals surface area contributed by atoms with E-state index in [9.17, 15) is 5.11 Å². The number of hydrogen-bond donors (Lipinski definition) is 3. The van der Waals surface area contributed by atoms with Crippen molar-refractivity contribution in [3.05, 3.63) is 99.7 Å².